The summed E-state index contributed by atoms with van der Waals surface area (Å²) in [5, 5.41) is 0. The van der Waals surface area contributed by atoms with Crippen molar-refractivity contribution in [2.45, 2.75) is 19.3 Å². The molecule has 0 atom stereocenters. The van der Waals surface area contributed by atoms with E-state index in [0.29, 0.717) is 6.54 Å². The Hall–Kier alpha value is -0.870. The predicted molar refractivity (Wildman–Crippen MR) is 76.2 cm³/mol. The van der Waals surface area contributed by atoms with Crippen LogP contribution in [-0.2, 0) is 11.2 Å². The van der Waals surface area contributed by atoms with Crippen LogP contribution in [0, 0.1) is 5.41 Å². The van der Waals surface area contributed by atoms with Crippen LogP contribution in [0.15, 0.2) is 28.7 Å². The summed E-state index contributed by atoms with van der Waals surface area (Å²) in [4.78, 5) is 14.0. The molecule has 98 valence electrons. The number of carbonyl (C=O) groups excluding carboxylic acids is 1. The van der Waals surface area contributed by atoms with Crippen LogP contribution in [0.4, 0.5) is 0 Å². The zero-order chi connectivity index (χ0) is 13.2. The second-order valence-electron chi connectivity index (χ2n) is 5.09. The highest BCUT2D eigenvalue weighted by molar-refractivity contribution is 9.10. The summed E-state index contributed by atoms with van der Waals surface area (Å²) in [7, 11) is 1.87. The first-order chi connectivity index (χ1) is 8.57. The predicted octanol–water partition coefficient (Wildman–Crippen LogP) is 2.19. The summed E-state index contributed by atoms with van der Waals surface area (Å²) in [6, 6.07) is 8.20. The van der Waals surface area contributed by atoms with Crippen molar-refractivity contribution in [2.24, 2.45) is 11.1 Å². The molecule has 0 radical (unpaired) electrons. The standard InChI is InChI=1S/C14H19BrN2O/c1-17(13(18)14(10-16)6-7-14)8-5-11-3-2-4-12(15)9-11/h2-4,9H,5-8,10,16H2,1H3. The lowest BCUT2D eigenvalue weighted by Gasteiger charge is -2.22. The maximum atomic E-state index is 12.2. The highest BCUT2D eigenvalue weighted by atomic mass is 79.9. The minimum atomic E-state index is -0.230. The third-order valence-electron chi connectivity index (χ3n) is 3.67. The number of benzene rings is 1. The zero-order valence-electron chi connectivity index (χ0n) is 10.7. The SMILES string of the molecule is CN(CCc1cccc(Br)c1)C(=O)C1(CN)CC1. The summed E-state index contributed by atoms with van der Waals surface area (Å²) in [5.74, 6) is 0.208. The second-order valence-corrected chi connectivity index (χ2v) is 6.01. The Kier molecular flexibility index (Phi) is 4.07. The number of amides is 1. The van der Waals surface area contributed by atoms with E-state index in [1.807, 2.05) is 24.1 Å². The van der Waals surface area contributed by atoms with Gasteiger partial charge in [0, 0.05) is 24.6 Å². The lowest BCUT2D eigenvalue weighted by atomic mass is 10.1. The molecular weight excluding hydrogens is 292 g/mol. The number of likely N-dealkylation sites (N-methyl/N-ethyl adjacent to an activating group) is 1. The van der Waals surface area contributed by atoms with Crippen molar-refractivity contribution < 1.29 is 4.79 Å². The number of halogens is 1. The lowest BCUT2D eigenvalue weighted by Crippen LogP contribution is -2.39. The van der Waals surface area contributed by atoms with Crippen molar-refractivity contribution in [3.8, 4) is 0 Å². The Bertz CT molecular complexity index is 443. The summed E-state index contributed by atoms with van der Waals surface area (Å²) >= 11 is 3.45. The van der Waals surface area contributed by atoms with Crippen LogP contribution in [0.5, 0.6) is 0 Å². The van der Waals surface area contributed by atoms with Crippen molar-refractivity contribution in [1.29, 1.82) is 0 Å². The lowest BCUT2D eigenvalue weighted by molar-refractivity contribution is -0.135. The van der Waals surface area contributed by atoms with Gasteiger partial charge in [0.2, 0.25) is 5.91 Å². The van der Waals surface area contributed by atoms with Gasteiger partial charge in [0.15, 0.2) is 0 Å². The van der Waals surface area contributed by atoms with E-state index in [1.165, 1.54) is 5.56 Å². The van der Waals surface area contributed by atoms with Gasteiger partial charge in [0.1, 0.15) is 0 Å². The third kappa shape index (κ3) is 2.93. The number of nitrogens with zero attached hydrogens (tertiary/aromatic N) is 1. The molecule has 2 rings (SSSR count). The molecule has 0 aromatic heterocycles. The van der Waals surface area contributed by atoms with E-state index in [9.17, 15) is 4.79 Å². The summed E-state index contributed by atoms with van der Waals surface area (Å²) < 4.78 is 1.08. The third-order valence-corrected chi connectivity index (χ3v) is 4.16. The molecule has 0 bridgehead atoms. The van der Waals surface area contributed by atoms with Crippen molar-refractivity contribution in [3.05, 3.63) is 34.3 Å². The molecule has 1 aromatic rings. The van der Waals surface area contributed by atoms with Gasteiger partial charge in [-0.2, -0.15) is 0 Å². The van der Waals surface area contributed by atoms with E-state index < -0.39 is 0 Å². The molecule has 0 unspecified atom stereocenters. The molecule has 4 heteroatoms. The van der Waals surface area contributed by atoms with Crippen LogP contribution in [0.25, 0.3) is 0 Å². The fourth-order valence-corrected chi connectivity index (χ4v) is 2.60. The van der Waals surface area contributed by atoms with E-state index in [4.69, 9.17) is 5.73 Å². The average Bonchev–Trinajstić information content (AvgIpc) is 3.16. The fraction of sp³-hybridized carbons (Fsp3) is 0.500. The van der Waals surface area contributed by atoms with Crippen LogP contribution in [0.2, 0.25) is 0 Å². The second kappa shape index (κ2) is 5.41. The molecule has 0 saturated heterocycles. The highest BCUT2D eigenvalue weighted by Gasteiger charge is 2.49. The molecule has 1 fully saturated rings. The molecule has 1 saturated carbocycles. The molecule has 0 spiro atoms. The maximum Gasteiger partial charge on any atom is 0.229 e. The molecule has 0 heterocycles. The summed E-state index contributed by atoms with van der Waals surface area (Å²) in [6.45, 7) is 1.23. The number of carbonyl (C=O) groups is 1. The number of hydrogen-bond acceptors (Lipinski definition) is 2. The van der Waals surface area contributed by atoms with Gasteiger partial charge in [-0.1, -0.05) is 28.1 Å². The van der Waals surface area contributed by atoms with Gasteiger partial charge in [-0.25, -0.2) is 0 Å². The van der Waals surface area contributed by atoms with Gasteiger partial charge in [-0.05, 0) is 37.0 Å². The molecule has 0 aliphatic heterocycles. The van der Waals surface area contributed by atoms with E-state index in [2.05, 4.69) is 28.1 Å². The van der Waals surface area contributed by atoms with Gasteiger partial charge < -0.3 is 10.6 Å². The fourth-order valence-electron chi connectivity index (χ4n) is 2.15. The van der Waals surface area contributed by atoms with E-state index in [1.54, 1.807) is 0 Å². The Morgan fingerprint density at radius 2 is 2.22 bits per heavy atom. The average molecular weight is 311 g/mol. The van der Waals surface area contributed by atoms with Crippen molar-refractivity contribution >= 4 is 21.8 Å². The van der Waals surface area contributed by atoms with Crippen LogP contribution < -0.4 is 5.73 Å². The van der Waals surface area contributed by atoms with Gasteiger partial charge in [-0.3, -0.25) is 4.79 Å². The Morgan fingerprint density at radius 1 is 1.50 bits per heavy atom. The molecular formula is C14H19BrN2O. The zero-order valence-corrected chi connectivity index (χ0v) is 12.2. The normalized spacial score (nSPS) is 16.4. The van der Waals surface area contributed by atoms with Gasteiger partial charge in [0.25, 0.3) is 0 Å². The van der Waals surface area contributed by atoms with Crippen LogP contribution in [-0.4, -0.2) is 30.9 Å². The molecule has 2 N–H and O–H groups in total. The van der Waals surface area contributed by atoms with E-state index in [0.717, 1.165) is 30.3 Å². The maximum absolute atomic E-state index is 12.2. The Labute approximate surface area is 116 Å². The highest BCUT2D eigenvalue weighted by Crippen LogP contribution is 2.45. The summed E-state index contributed by atoms with van der Waals surface area (Å²) in [5.41, 5.74) is 6.69. The van der Waals surface area contributed by atoms with Crippen LogP contribution >= 0.6 is 15.9 Å². The van der Waals surface area contributed by atoms with E-state index >= 15 is 0 Å². The molecule has 1 aliphatic rings. The molecule has 1 aromatic carbocycles. The Balaban J connectivity index is 1.88. The van der Waals surface area contributed by atoms with Crippen molar-refractivity contribution in [3.63, 3.8) is 0 Å². The molecule has 3 nitrogen and oxygen atoms in total. The molecule has 18 heavy (non-hydrogen) atoms. The molecule has 1 aliphatic carbocycles. The number of hydrogen-bond donors (Lipinski definition) is 1. The topological polar surface area (TPSA) is 46.3 Å². The summed E-state index contributed by atoms with van der Waals surface area (Å²) in [6.07, 6.45) is 2.77. The number of rotatable bonds is 5. The smallest absolute Gasteiger partial charge is 0.229 e. The van der Waals surface area contributed by atoms with Crippen molar-refractivity contribution in [2.75, 3.05) is 20.1 Å². The van der Waals surface area contributed by atoms with Gasteiger partial charge in [0.05, 0.1) is 5.41 Å². The quantitative estimate of drug-likeness (QED) is 0.906. The van der Waals surface area contributed by atoms with Gasteiger partial charge in [-0.15, -0.1) is 0 Å². The minimum absolute atomic E-state index is 0.208. The van der Waals surface area contributed by atoms with Gasteiger partial charge >= 0.3 is 0 Å². The minimum Gasteiger partial charge on any atom is -0.345 e. The Morgan fingerprint density at radius 3 is 2.78 bits per heavy atom. The first-order valence-corrected chi connectivity index (χ1v) is 7.07. The van der Waals surface area contributed by atoms with Crippen LogP contribution in [0.3, 0.4) is 0 Å². The number of nitrogens with two attached hydrogens (primary N) is 1. The monoisotopic (exact) mass is 310 g/mol. The van der Waals surface area contributed by atoms with Crippen LogP contribution in [0.1, 0.15) is 18.4 Å². The first kappa shape index (κ1) is 13.6. The van der Waals surface area contributed by atoms with Crippen molar-refractivity contribution in [1.82, 2.24) is 4.90 Å². The first-order valence-electron chi connectivity index (χ1n) is 6.27. The molecule has 1 amide bonds. The largest absolute Gasteiger partial charge is 0.345 e. The van der Waals surface area contributed by atoms with E-state index in [-0.39, 0.29) is 11.3 Å².